The monoisotopic (exact) mass is 354 g/mol. The third-order valence-corrected chi connectivity index (χ3v) is 4.10. The van der Waals surface area contributed by atoms with Crippen molar-refractivity contribution < 1.29 is 4.74 Å². The lowest BCUT2D eigenvalue weighted by Crippen LogP contribution is -2.00. The second kappa shape index (κ2) is 8.10. The zero-order valence-electron chi connectivity index (χ0n) is 14.6. The Bertz CT molecular complexity index is 1060. The number of para-hydroxylation sites is 1. The number of nitrogens with zero attached hydrogens (tertiary/aromatic N) is 3. The van der Waals surface area contributed by atoms with Crippen LogP contribution in [0.1, 0.15) is 11.1 Å². The van der Waals surface area contributed by atoms with Crippen molar-refractivity contribution in [3.05, 3.63) is 96.2 Å². The summed E-state index contributed by atoms with van der Waals surface area (Å²) >= 11 is 0. The number of nitrogens with one attached hydrogen (secondary N) is 1. The first-order valence-electron chi connectivity index (χ1n) is 8.65. The summed E-state index contributed by atoms with van der Waals surface area (Å²) in [4.78, 5) is 0. The molecule has 1 heterocycles. The number of hydrogen-bond acceptors (Lipinski definition) is 5. The molecule has 5 heteroatoms. The molecule has 0 saturated heterocycles. The SMILES string of the molecule is C(=N/Nc1nncc2ccccc12)/c1ccccc1OCc1ccccc1. The number of hydrazone groups is 1. The van der Waals surface area contributed by atoms with E-state index in [1.54, 1.807) is 12.4 Å². The van der Waals surface area contributed by atoms with E-state index in [0.29, 0.717) is 12.4 Å². The van der Waals surface area contributed by atoms with E-state index in [1.807, 2.05) is 78.9 Å². The molecular weight excluding hydrogens is 336 g/mol. The molecule has 27 heavy (non-hydrogen) atoms. The Morgan fingerprint density at radius 3 is 2.59 bits per heavy atom. The van der Waals surface area contributed by atoms with Crippen LogP contribution in [0.5, 0.6) is 5.75 Å². The van der Waals surface area contributed by atoms with Crippen LogP contribution in [0.4, 0.5) is 5.82 Å². The van der Waals surface area contributed by atoms with E-state index in [4.69, 9.17) is 4.74 Å². The van der Waals surface area contributed by atoms with Gasteiger partial charge in [-0.1, -0.05) is 66.7 Å². The zero-order valence-corrected chi connectivity index (χ0v) is 14.6. The van der Waals surface area contributed by atoms with Crippen LogP contribution in [-0.2, 0) is 6.61 Å². The Hall–Kier alpha value is -3.73. The smallest absolute Gasteiger partial charge is 0.176 e. The molecule has 0 bridgehead atoms. The predicted molar refractivity (Wildman–Crippen MR) is 108 cm³/mol. The summed E-state index contributed by atoms with van der Waals surface area (Å²) in [6, 6.07) is 25.8. The highest BCUT2D eigenvalue weighted by Crippen LogP contribution is 2.20. The molecule has 3 aromatic carbocycles. The van der Waals surface area contributed by atoms with Gasteiger partial charge in [-0.05, 0) is 17.7 Å². The number of anilines is 1. The van der Waals surface area contributed by atoms with Crippen LogP contribution in [0, 0.1) is 0 Å². The normalized spacial score (nSPS) is 11.0. The molecule has 0 amide bonds. The first-order valence-corrected chi connectivity index (χ1v) is 8.65. The molecule has 0 aliphatic rings. The Morgan fingerprint density at radius 1 is 0.889 bits per heavy atom. The van der Waals surface area contributed by atoms with E-state index >= 15 is 0 Å². The van der Waals surface area contributed by atoms with Gasteiger partial charge in [-0.15, -0.1) is 5.10 Å². The van der Waals surface area contributed by atoms with Crippen LogP contribution in [0.15, 0.2) is 90.2 Å². The van der Waals surface area contributed by atoms with Crippen molar-refractivity contribution in [3.63, 3.8) is 0 Å². The molecule has 0 fully saturated rings. The van der Waals surface area contributed by atoms with Gasteiger partial charge in [0.15, 0.2) is 5.82 Å². The number of fused-ring (bicyclic) bond motifs is 1. The standard InChI is InChI=1S/C22H18N4O/c1-2-8-17(9-3-1)16-27-21-13-7-5-11-19(21)15-24-26-22-20-12-6-4-10-18(20)14-23-25-22/h1-15H,16H2,(H,25,26)/b24-15-. The minimum atomic E-state index is 0.508. The van der Waals surface area contributed by atoms with Gasteiger partial charge in [0.2, 0.25) is 0 Å². The Balaban J connectivity index is 1.49. The third-order valence-electron chi connectivity index (χ3n) is 4.10. The molecule has 0 atom stereocenters. The molecule has 0 unspecified atom stereocenters. The fourth-order valence-corrected chi connectivity index (χ4v) is 2.73. The van der Waals surface area contributed by atoms with Crippen molar-refractivity contribution in [1.29, 1.82) is 0 Å². The lowest BCUT2D eigenvalue weighted by molar-refractivity contribution is 0.306. The van der Waals surface area contributed by atoms with Gasteiger partial charge in [0.1, 0.15) is 12.4 Å². The quantitative estimate of drug-likeness (QED) is 0.404. The molecular formula is C22H18N4O. The van der Waals surface area contributed by atoms with Crippen LogP contribution in [0.3, 0.4) is 0 Å². The minimum Gasteiger partial charge on any atom is -0.488 e. The van der Waals surface area contributed by atoms with Crippen molar-refractivity contribution >= 4 is 22.8 Å². The molecule has 0 spiro atoms. The van der Waals surface area contributed by atoms with Crippen LogP contribution < -0.4 is 10.2 Å². The largest absolute Gasteiger partial charge is 0.488 e. The second-order valence-corrected chi connectivity index (χ2v) is 5.96. The van der Waals surface area contributed by atoms with Crippen molar-refractivity contribution in [2.75, 3.05) is 5.43 Å². The lowest BCUT2D eigenvalue weighted by Gasteiger charge is -2.09. The molecule has 132 valence electrons. The second-order valence-electron chi connectivity index (χ2n) is 5.96. The Labute approximate surface area is 157 Å². The fraction of sp³-hybridized carbons (Fsp3) is 0.0455. The molecule has 0 saturated carbocycles. The molecule has 0 aliphatic carbocycles. The van der Waals surface area contributed by atoms with Crippen molar-refractivity contribution in [3.8, 4) is 5.75 Å². The molecule has 0 radical (unpaired) electrons. The molecule has 4 rings (SSSR count). The molecule has 1 N–H and O–H groups in total. The molecule has 4 aromatic rings. The number of rotatable bonds is 6. The van der Waals surface area contributed by atoms with E-state index in [0.717, 1.165) is 27.6 Å². The van der Waals surface area contributed by atoms with E-state index in [9.17, 15) is 0 Å². The van der Waals surface area contributed by atoms with Gasteiger partial charge in [0.05, 0.1) is 12.4 Å². The highest BCUT2D eigenvalue weighted by molar-refractivity contribution is 5.91. The maximum Gasteiger partial charge on any atom is 0.176 e. The summed E-state index contributed by atoms with van der Waals surface area (Å²) < 4.78 is 5.95. The summed E-state index contributed by atoms with van der Waals surface area (Å²) in [5.41, 5.74) is 4.98. The van der Waals surface area contributed by atoms with Gasteiger partial charge < -0.3 is 4.74 Å². The lowest BCUT2D eigenvalue weighted by atomic mass is 10.2. The number of ether oxygens (including phenoxy) is 1. The summed E-state index contributed by atoms with van der Waals surface area (Å²) in [6.45, 7) is 0.508. The van der Waals surface area contributed by atoms with Gasteiger partial charge in [-0.25, -0.2) is 0 Å². The Kier molecular flexibility index (Phi) is 5.02. The van der Waals surface area contributed by atoms with Crippen molar-refractivity contribution in [1.82, 2.24) is 10.2 Å². The van der Waals surface area contributed by atoms with Gasteiger partial charge in [-0.2, -0.15) is 10.2 Å². The molecule has 1 aromatic heterocycles. The van der Waals surface area contributed by atoms with Gasteiger partial charge in [0.25, 0.3) is 0 Å². The summed E-state index contributed by atoms with van der Waals surface area (Å²) in [5.74, 6) is 1.39. The molecule has 0 aliphatic heterocycles. The number of aromatic nitrogens is 2. The van der Waals surface area contributed by atoms with Crippen LogP contribution in [0.2, 0.25) is 0 Å². The summed E-state index contributed by atoms with van der Waals surface area (Å²) in [6.07, 6.45) is 3.46. The van der Waals surface area contributed by atoms with E-state index in [2.05, 4.69) is 20.7 Å². The summed E-state index contributed by atoms with van der Waals surface area (Å²) in [5, 5.41) is 14.4. The topological polar surface area (TPSA) is 59.4 Å². The highest BCUT2D eigenvalue weighted by atomic mass is 16.5. The first-order chi connectivity index (χ1) is 13.4. The predicted octanol–water partition coefficient (Wildman–Crippen LogP) is 4.65. The van der Waals surface area contributed by atoms with E-state index < -0.39 is 0 Å². The van der Waals surface area contributed by atoms with Crippen LogP contribution in [0.25, 0.3) is 10.8 Å². The highest BCUT2D eigenvalue weighted by Gasteiger charge is 2.03. The maximum absolute atomic E-state index is 5.95. The van der Waals surface area contributed by atoms with Gasteiger partial charge >= 0.3 is 0 Å². The van der Waals surface area contributed by atoms with Gasteiger partial charge in [-0.3, -0.25) is 5.43 Å². The van der Waals surface area contributed by atoms with Gasteiger partial charge in [0, 0.05) is 16.3 Å². The Morgan fingerprint density at radius 2 is 1.67 bits per heavy atom. The van der Waals surface area contributed by atoms with Crippen LogP contribution in [-0.4, -0.2) is 16.4 Å². The summed E-state index contributed by atoms with van der Waals surface area (Å²) in [7, 11) is 0. The van der Waals surface area contributed by atoms with E-state index in [1.165, 1.54) is 0 Å². The maximum atomic E-state index is 5.95. The molecule has 5 nitrogen and oxygen atoms in total. The average Bonchev–Trinajstić information content (AvgIpc) is 2.74. The zero-order chi connectivity index (χ0) is 18.3. The van der Waals surface area contributed by atoms with Crippen LogP contribution >= 0.6 is 0 Å². The first kappa shape index (κ1) is 16.7. The minimum absolute atomic E-state index is 0.508. The van der Waals surface area contributed by atoms with Crippen molar-refractivity contribution in [2.45, 2.75) is 6.61 Å². The third kappa shape index (κ3) is 4.10. The number of benzene rings is 3. The average molecular weight is 354 g/mol. The number of hydrogen-bond donors (Lipinski definition) is 1. The van der Waals surface area contributed by atoms with Crippen molar-refractivity contribution in [2.24, 2.45) is 5.10 Å². The van der Waals surface area contributed by atoms with E-state index in [-0.39, 0.29) is 0 Å². The fourth-order valence-electron chi connectivity index (χ4n) is 2.73.